The Morgan fingerprint density at radius 1 is 0.966 bits per heavy atom. The van der Waals surface area contributed by atoms with Crippen LogP contribution in [0.1, 0.15) is 18.4 Å². The molecule has 1 aliphatic heterocycles. The molecule has 1 aliphatic rings. The van der Waals surface area contributed by atoms with Crippen molar-refractivity contribution in [3.63, 3.8) is 0 Å². The zero-order chi connectivity index (χ0) is 21.2. The molecule has 0 spiro atoms. The summed E-state index contributed by atoms with van der Waals surface area (Å²) in [6, 6.07) is 9.82. The Morgan fingerprint density at radius 3 is 2.24 bits per heavy atom. The maximum atomic E-state index is 12.7. The zero-order valence-corrected chi connectivity index (χ0v) is 19.0. The molecule has 2 aromatic rings. The Hall–Kier alpha value is -1.02. The molecule has 1 saturated heterocycles. The van der Waals surface area contributed by atoms with Gasteiger partial charge in [-0.05, 0) is 36.6 Å². The molecule has 0 saturated carbocycles. The second kappa shape index (κ2) is 9.41. The standard InChI is InChI=1S/C19H18Cl4N2O3S/c20-14-4-2-1-3-13(14)11-29(27,28)25-7-5-12(6-8-25)19(26)24-18-10-16(22)15(21)9-17(18)23/h1-4,9-10,12H,5-8,11H2,(H,24,26). The van der Waals surface area contributed by atoms with Crippen LogP contribution in [-0.4, -0.2) is 31.7 Å². The molecule has 1 fully saturated rings. The van der Waals surface area contributed by atoms with Crippen LogP contribution in [0.25, 0.3) is 0 Å². The maximum Gasteiger partial charge on any atom is 0.227 e. The Balaban J connectivity index is 1.60. The largest absolute Gasteiger partial charge is 0.324 e. The van der Waals surface area contributed by atoms with Crippen LogP contribution < -0.4 is 5.32 Å². The van der Waals surface area contributed by atoms with E-state index >= 15 is 0 Å². The van der Waals surface area contributed by atoms with Gasteiger partial charge in [0, 0.05) is 24.0 Å². The maximum absolute atomic E-state index is 12.7. The van der Waals surface area contributed by atoms with Crippen LogP contribution in [0.15, 0.2) is 36.4 Å². The molecular weight excluding hydrogens is 478 g/mol. The fourth-order valence-electron chi connectivity index (χ4n) is 3.15. The van der Waals surface area contributed by atoms with E-state index in [1.54, 1.807) is 24.3 Å². The van der Waals surface area contributed by atoms with Crippen molar-refractivity contribution in [2.24, 2.45) is 5.92 Å². The van der Waals surface area contributed by atoms with Gasteiger partial charge in [0.15, 0.2) is 0 Å². The van der Waals surface area contributed by atoms with Gasteiger partial charge in [0.25, 0.3) is 0 Å². The van der Waals surface area contributed by atoms with E-state index in [2.05, 4.69) is 5.32 Å². The smallest absolute Gasteiger partial charge is 0.227 e. The van der Waals surface area contributed by atoms with E-state index in [0.717, 1.165) is 0 Å². The highest BCUT2D eigenvalue weighted by atomic mass is 35.5. The molecule has 156 valence electrons. The number of nitrogens with one attached hydrogen (secondary N) is 1. The first-order valence-corrected chi connectivity index (χ1v) is 12.0. The number of rotatable bonds is 5. The summed E-state index contributed by atoms with van der Waals surface area (Å²) in [5, 5.41) is 4.04. The summed E-state index contributed by atoms with van der Waals surface area (Å²) in [6.07, 6.45) is 0.819. The number of hydrogen-bond acceptors (Lipinski definition) is 3. The number of sulfonamides is 1. The fraction of sp³-hybridized carbons (Fsp3) is 0.316. The number of anilines is 1. The van der Waals surface area contributed by atoms with Crippen molar-refractivity contribution in [2.45, 2.75) is 18.6 Å². The topological polar surface area (TPSA) is 66.5 Å². The molecule has 0 bridgehead atoms. The summed E-state index contributed by atoms with van der Waals surface area (Å²) in [4.78, 5) is 12.6. The number of benzene rings is 2. The van der Waals surface area contributed by atoms with Crippen molar-refractivity contribution in [2.75, 3.05) is 18.4 Å². The minimum Gasteiger partial charge on any atom is -0.324 e. The van der Waals surface area contributed by atoms with Crippen LogP contribution in [0.4, 0.5) is 5.69 Å². The molecule has 1 amide bonds. The molecule has 0 aromatic heterocycles. The van der Waals surface area contributed by atoms with Crippen molar-refractivity contribution >= 4 is 68.0 Å². The number of nitrogens with zero attached hydrogens (tertiary/aromatic N) is 1. The van der Waals surface area contributed by atoms with Gasteiger partial charge in [0.05, 0.1) is 26.5 Å². The lowest BCUT2D eigenvalue weighted by Gasteiger charge is -2.30. The minimum absolute atomic E-state index is 0.164. The van der Waals surface area contributed by atoms with Gasteiger partial charge in [-0.15, -0.1) is 0 Å². The highest BCUT2D eigenvalue weighted by molar-refractivity contribution is 7.88. The summed E-state index contributed by atoms with van der Waals surface area (Å²) in [5.41, 5.74) is 0.933. The van der Waals surface area contributed by atoms with Crippen LogP contribution in [0.3, 0.4) is 0 Å². The van der Waals surface area contributed by atoms with Crippen LogP contribution in [0.5, 0.6) is 0 Å². The third kappa shape index (κ3) is 5.57. The SMILES string of the molecule is O=C(Nc1cc(Cl)c(Cl)cc1Cl)C1CCN(S(=O)(=O)Cc2ccccc2Cl)CC1. The summed E-state index contributed by atoms with van der Waals surface area (Å²) in [5.74, 6) is -0.719. The van der Waals surface area contributed by atoms with Gasteiger partial charge in [-0.25, -0.2) is 12.7 Å². The van der Waals surface area contributed by atoms with E-state index < -0.39 is 10.0 Å². The highest BCUT2D eigenvalue weighted by Crippen LogP contribution is 2.33. The third-order valence-electron chi connectivity index (χ3n) is 4.78. The average Bonchev–Trinajstić information content (AvgIpc) is 2.68. The second-order valence-corrected chi connectivity index (χ2v) is 10.4. The molecule has 0 radical (unpaired) electrons. The van der Waals surface area contributed by atoms with E-state index in [1.165, 1.54) is 16.4 Å². The number of carbonyl (C=O) groups excluding carboxylic acids is 1. The number of hydrogen-bond donors (Lipinski definition) is 1. The number of piperidine rings is 1. The van der Waals surface area contributed by atoms with Crippen LogP contribution >= 0.6 is 46.4 Å². The molecule has 0 unspecified atom stereocenters. The summed E-state index contributed by atoms with van der Waals surface area (Å²) in [7, 11) is -3.52. The number of carbonyl (C=O) groups is 1. The molecule has 29 heavy (non-hydrogen) atoms. The van der Waals surface area contributed by atoms with Gasteiger partial charge in [-0.2, -0.15) is 0 Å². The third-order valence-corrected chi connectivity index (χ3v) is 8.01. The van der Waals surface area contributed by atoms with Crippen molar-refractivity contribution in [1.82, 2.24) is 4.31 Å². The van der Waals surface area contributed by atoms with Gasteiger partial charge < -0.3 is 5.32 Å². The van der Waals surface area contributed by atoms with Crippen molar-refractivity contribution in [1.29, 1.82) is 0 Å². The summed E-state index contributed by atoms with van der Waals surface area (Å²) >= 11 is 24.1. The molecular formula is C19H18Cl4N2O3S. The lowest BCUT2D eigenvalue weighted by Crippen LogP contribution is -2.41. The lowest BCUT2D eigenvalue weighted by atomic mass is 9.97. The molecule has 0 atom stereocenters. The fourth-order valence-corrected chi connectivity index (χ4v) is 5.62. The molecule has 3 rings (SSSR count). The molecule has 2 aromatic carbocycles. The highest BCUT2D eigenvalue weighted by Gasteiger charge is 2.31. The first kappa shape index (κ1) is 22.7. The van der Waals surface area contributed by atoms with Crippen molar-refractivity contribution in [3.05, 3.63) is 62.1 Å². The van der Waals surface area contributed by atoms with E-state index in [1.807, 2.05) is 0 Å². The summed E-state index contributed by atoms with van der Waals surface area (Å²) in [6.45, 7) is 0.528. The molecule has 1 N–H and O–H groups in total. The Bertz CT molecular complexity index is 1020. The molecule has 5 nitrogen and oxygen atoms in total. The van der Waals surface area contributed by atoms with Crippen molar-refractivity contribution < 1.29 is 13.2 Å². The molecule has 1 heterocycles. The monoisotopic (exact) mass is 494 g/mol. The van der Waals surface area contributed by atoms with Crippen molar-refractivity contribution in [3.8, 4) is 0 Å². The first-order valence-electron chi connectivity index (χ1n) is 8.84. The molecule has 10 heteroatoms. The van der Waals surface area contributed by atoms with E-state index in [-0.39, 0.29) is 40.7 Å². The van der Waals surface area contributed by atoms with Gasteiger partial charge in [-0.1, -0.05) is 64.6 Å². The van der Waals surface area contributed by atoms with Crippen LogP contribution in [0.2, 0.25) is 20.1 Å². The van der Waals surface area contributed by atoms with E-state index in [9.17, 15) is 13.2 Å². The predicted octanol–water partition coefficient (Wildman–Crippen LogP) is 5.48. The number of halogens is 4. The van der Waals surface area contributed by atoms with Gasteiger partial charge in [0.1, 0.15) is 0 Å². The Kier molecular flexibility index (Phi) is 7.36. The van der Waals surface area contributed by atoms with Crippen LogP contribution in [0, 0.1) is 5.92 Å². The Labute approximate surface area is 189 Å². The van der Waals surface area contributed by atoms with E-state index in [0.29, 0.717) is 34.1 Å². The molecule has 0 aliphatic carbocycles. The van der Waals surface area contributed by atoms with Crippen LogP contribution in [-0.2, 0) is 20.6 Å². The zero-order valence-electron chi connectivity index (χ0n) is 15.2. The number of amides is 1. The summed E-state index contributed by atoms with van der Waals surface area (Å²) < 4.78 is 26.8. The van der Waals surface area contributed by atoms with Gasteiger partial charge >= 0.3 is 0 Å². The predicted molar refractivity (Wildman–Crippen MR) is 118 cm³/mol. The lowest BCUT2D eigenvalue weighted by molar-refractivity contribution is -0.120. The van der Waals surface area contributed by atoms with Gasteiger partial charge in [0.2, 0.25) is 15.9 Å². The van der Waals surface area contributed by atoms with E-state index in [4.69, 9.17) is 46.4 Å². The Morgan fingerprint density at radius 2 is 1.59 bits per heavy atom. The van der Waals surface area contributed by atoms with Gasteiger partial charge in [-0.3, -0.25) is 4.79 Å². The quantitative estimate of drug-likeness (QED) is 0.558. The first-order chi connectivity index (χ1) is 13.7. The normalized spacial score (nSPS) is 16.0. The average molecular weight is 496 g/mol. The second-order valence-electron chi connectivity index (χ2n) is 6.76. The minimum atomic E-state index is -3.52.